The quantitative estimate of drug-likeness (QED) is 0.221. The van der Waals surface area contributed by atoms with Crippen LogP contribution in [0.4, 0.5) is 5.69 Å². The van der Waals surface area contributed by atoms with E-state index in [-0.39, 0.29) is 5.91 Å². The highest BCUT2D eigenvalue weighted by atomic mass is 79.9. The number of amides is 1. The fraction of sp³-hybridized carbons (Fsp3) is 0.226. The van der Waals surface area contributed by atoms with Gasteiger partial charge in [-0.2, -0.15) is 5.10 Å². The third kappa shape index (κ3) is 6.06. The molecule has 0 atom stereocenters. The van der Waals surface area contributed by atoms with Gasteiger partial charge in [0.05, 0.1) is 6.21 Å². The number of hydrazone groups is 1. The van der Waals surface area contributed by atoms with Crippen molar-refractivity contribution in [3.8, 4) is 5.69 Å². The van der Waals surface area contributed by atoms with E-state index in [1.54, 1.807) is 6.21 Å². The van der Waals surface area contributed by atoms with Crippen molar-refractivity contribution in [3.63, 3.8) is 0 Å². The van der Waals surface area contributed by atoms with Gasteiger partial charge in [-0.1, -0.05) is 46.3 Å². The highest BCUT2D eigenvalue weighted by Crippen LogP contribution is 2.22. The van der Waals surface area contributed by atoms with Crippen LogP contribution < -0.4 is 10.3 Å². The molecule has 3 aromatic carbocycles. The van der Waals surface area contributed by atoms with Crippen molar-refractivity contribution in [1.29, 1.82) is 0 Å². The number of carbonyl (C=O) groups is 1. The maximum absolute atomic E-state index is 12.7. The molecule has 1 aromatic heterocycles. The number of aromatic nitrogens is 1. The van der Waals surface area contributed by atoms with Gasteiger partial charge in [-0.15, -0.1) is 0 Å². The summed E-state index contributed by atoms with van der Waals surface area (Å²) in [5.41, 5.74) is 9.99. The second-order valence-electron chi connectivity index (χ2n) is 9.63. The number of hydrogen-bond acceptors (Lipinski definition) is 4. The lowest BCUT2D eigenvalue weighted by atomic mass is 10.1. The topological polar surface area (TPSA) is 52.9 Å². The lowest BCUT2D eigenvalue weighted by molar-refractivity contribution is 0.0955. The number of nitrogens with one attached hydrogen (secondary N) is 1. The van der Waals surface area contributed by atoms with Crippen molar-refractivity contribution >= 4 is 33.7 Å². The van der Waals surface area contributed by atoms with Crippen molar-refractivity contribution in [2.75, 3.05) is 31.1 Å². The Morgan fingerprint density at radius 1 is 0.895 bits per heavy atom. The summed E-state index contributed by atoms with van der Waals surface area (Å²) in [5.74, 6) is -0.217. The predicted molar refractivity (Wildman–Crippen MR) is 158 cm³/mol. The summed E-state index contributed by atoms with van der Waals surface area (Å²) < 4.78 is 3.22. The second-order valence-corrected chi connectivity index (χ2v) is 10.5. The fourth-order valence-corrected chi connectivity index (χ4v) is 5.22. The molecule has 0 unspecified atom stereocenters. The van der Waals surface area contributed by atoms with Crippen molar-refractivity contribution in [3.05, 3.63) is 117 Å². The molecule has 1 saturated heterocycles. The molecule has 1 aliphatic rings. The smallest absolute Gasteiger partial charge is 0.271 e. The van der Waals surface area contributed by atoms with Crippen LogP contribution in [0.3, 0.4) is 0 Å². The summed E-state index contributed by atoms with van der Waals surface area (Å²) in [4.78, 5) is 17.6. The highest BCUT2D eigenvalue weighted by Gasteiger charge is 2.17. The van der Waals surface area contributed by atoms with Crippen molar-refractivity contribution < 1.29 is 4.79 Å². The molecule has 0 spiro atoms. The number of anilines is 1. The molecule has 1 amide bonds. The molecule has 194 valence electrons. The van der Waals surface area contributed by atoms with Gasteiger partial charge >= 0.3 is 0 Å². The van der Waals surface area contributed by atoms with Crippen LogP contribution in [0.5, 0.6) is 0 Å². The van der Waals surface area contributed by atoms with E-state index in [4.69, 9.17) is 0 Å². The Morgan fingerprint density at radius 2 is 1.58 bits per heavy atom. The zero-order valence-electron chi connectivity index (χ0n) is 21.8. The molecule has 6 nitrogen and oxygen atoms in total. The monoisotopic (exact) mass is 569 g/mol. The number of nitrogens with zero attached hydrogens (tertiary/aromatic N) is 4. The van der Waals surface area contributed by atoms with E-state index in [9.17, 15) is 4.79 Å². The predicted octanol–water partition coefficient (Wildman–Crippen LogP) is 5.94. The molecule has 2 heterocycles. The molecular weight excluding hydrogens is 538 g/mol. The number of para-hydroxylation sites is 1. The van der Waals surface area contributed by atoms with Gasteiger partial charge < -0.3 is 9.47 Å². The lowest BCUT2D eigenvalue weighted by Gasteiger charge is -2.36. The number of aryl methyl sites for hydroxylation is 1. The van der Waals surface area contributed by atoms with Crippen LogP contribution in [0, 0.1) is 13.8 Å². The standard InChI is InChI=1S/C31H32BrN5O/c1-23-20-27(24(2)37(23)30-14-12-28(32)13-15-30)21-33-34-31(38)26-10-8-25(9-11-26)22-35-16-18-36(19-17-35)29-6-4-3-5-7-29/h3-15,20-21H,16-19,22H2,1-2H3,(H,34,38)/b33-21-. The van der Waals surface area contributed by atoms with Crippen LogP contribution in [0.15, 0.2) is 94.5 Å². The number of rotatable bonds is 7. The first-order valence-corrected chi connectivity index (χ1v) is 13.7. The average Bonchev–Trinajstić information content (AvgIpc) is 3.23. The number of piperazine rings is 1. The third-order valence-electron chi connectivity index (χ3n) is 7.04. The summed E-state index contributed by atoms with van der Waals surface area (Å²) in [6, 6.07) is 28.7. The van der Waals surface area contributed by atoms with Gasteiger partial charge in [0.2, 0.25) is 0 Å². The molecule has 38 heavy (non-hydrogen) atoms. The van der Waals surface area contributed by atoms with Gasteiger partial charge in [0.25, 0.3) is 5.91 Å². The number of hydrogen-bond donors (Lipinski definition) is 1. The largest absolute Gasteiger partial charge is 0.369 e. The van der Waals surface area contributed by atoms with Crippen LogP contribution >= 0.6 is 15.9 Å². The summed E-state index contributed by atoms with van der Waals surface area (Å²) in [6.07, 6.45) is 1.71. The van der Waals surface area contributed by atoms with Gasteiger partial charge in [-0.05, 0) is 74.0 Å². The SMILES string of the molecule is Cc1cc(/C=N\NC(=O)c2ccc(CN3CCN(c4ccccc4)CC3)cc2)c(C)n1-c1ccc(Br)cc1. The maximum atomic E-state index is 12.7. The summed E-state index contributed by atoms with van der Waals surface area (Å²) in [7, 11) is 0. The summed E-state index contributed by atoms with van der Waals surface area (Å²) >= 11 is 3.49. The molecule has 1 aliphatic heterocycles. The second kappa shape index (κ2) is 11.8. The van der Waals surface area contributed by atoms with Crippen LogP contribution in [0.25, 0.3) is 5.69 Å². The first-order chi connectivity index (χ1) is 18.5. The maximum Gasteiger partial charge on any atom is 0.271 e. The zero-order chi connectivity index (χ0) is 26.5. The van der Waals surface area contributed by atoms with E-state index in [2.05, 4.69) is 103 Å². The third-order valence-corrected chi connectivity index (χ3v) is 7.57. The molecule has 1 N–H and O–H groups in total. The minimum Gasteiger partial charge on any atom is -0.369 e. The van der Waals surface area contributed by atoms with E-state index in [1.807, 2.05) is 36.4 Å². The summed E-state index contributed by atoms with van der Waals surface area (Å²) in [6.45, 7) is 9.09. The molecular formula is C31H32BrN5O. The first kappa shape index (κ1) is 25.9. The Bertz CT molecular complexity index is 1400. The minimum absolute atomic E-state index is 0.217. The van der Waals surface area contributed by atoms with Gasteiger partial charge in [-0.3, -0.25) is 9.69 Å². The van der Waals surface area contributed by atoms with Gasteiger partial charge in [0.15, 0.2) is 0 Å². The van der Waals surface area contributed by atoms with Crippen LogP contribution in [0.2, 0.25) is 0 Å². The minimum atomic E-state index is -0.217. The van der Waals surface area contributed by atoms with Crippen molar-refractivity contribution in [2.45, 2.75) is 20.4 Å². The van der Waals surface area contributed by atoms with Gasteiger partial charge in [0, 0.05) is 71.1 Å². The average molecular weight is 571 g/mol. The van der Waals surface area contributed by atoms with E-state index in [0.717, 1.165) is 59.8 Å². The molecule has 0 bridgehead atoms. The normalized spacial score (nSPS) is 14.2. The van der Waals surface area contributed by atoms with Crippen LogP contribution in [0.1, 0.15) is 32.9 Å². The van der Waals surface area contributed by atoms with Crippen molar-refractivity contribution in [2.24, 2.45) is 5.10 Å². The molecule has 0 saturated carbocycles. The Balaban J connectivity index is 1.14. The molecule has 4 aromatic rings. The Morgan fingerprint density at radius 3 is 2.26 bits per heavy atom. The first-order valence-electron chi connectivity index (χ1n) is 12.9. The molecule has 7 heteroatoms. The van der Waals surface area contributed by atoms with Crippen molar-refractivity contribution in [1.82, 2.24) is 14.9 Å². The van der Waals surface area contributed by atoms with Crippen LogP contribution in [-0.2, 0) is 6.54 Å². The Labute approximate surface area is 232 Å². The van der Waals surface area contributed by atoms with Gasteiger partial charge in [0.1, 0.15) is 0 Å². The summed E-state index contributed by atoms with van der Waals surface area (Å²) in [5, 5.41) is 4.23. The molecule has 0 radical (unpaired) electrons. The molecule has 0 aliphatic carbocycles. The van der Waals surface area contributed by atoms with E-state index < -0.39 is 0 Å². The lowest BCUT2D eigenvalue weighted by Crippen LogP contribution is -2.45. The Kier molecular flexibility index (Phi) is 8.05. The zero-order valence-corrected chi connectivity index (χ0v) is 23.4. The van der Waals surface area contributed by atoms with Gasteiger partial charge in [-0.25, -0.2) is 5.43 Å². The van der Waals surface area contributed by atoms with E-state index >= 15 is 0 Å². The molecule has 1 fully saturated rings. The highest BCUT2D eigenvalue weighted by molar-refractivity contribution is 9.10. The van der Waals surface area contributed by atoms with E-state index in [1.165, 1.54) is 11.3 Å². The number of benzene rings is 3. The number of halogens is 1. The fourth-order valence-electron chi connectivity index (χ4n) is 4.95. The van der Waals surface area contributed by atoms with E-state index in [0.29, 0.717) is 5.56 Å². The van der Waals surface area contributed by atoms with Crippen LogP contribution in [-0.4, -0.2) is 47.8 Å². The Hall–Kier alpha value is -3.68. The molecule has 5 rings (SSSR count). The number of carbonyl (C=O) groups excluding carboxylic acids is 1.